The highest BCUT2D eigenvalue weighted by atomic mass is 35.5. The quantitative estimate of drug-likeness (QED) is 0.217. The third-order valence-electron chi connectivity index (χ3n) is 6.66. The number of rotatable bonds is 9. The normalized spacial score (nSPS) is 16.7. The molecule has 0 aliphatic heterocycles. The summed E-state index contributed by atoms with van der Waals surface area (Å²) >= 11 is 5.96. The van der Waals surface area contributed by atoms with E-state index in [9.17, 15) is 4.39 Å². The van der Waals surface area contributed by atoms with Gasteiger partial charge in [-0.15, -0.1) is 19.7 Å². The molecule has 0 radical (unpaired) electrons. The van der Waals surface area contributed by atoms with Gasteiger partial charge in [-0.1, -0.05) is 38.4 Å². The van der Waals surface area contributed by atoms with Crippen LogP contribution in [0.1, 0.15) is 64.0 Å². The van der Waals surface area contributed by atoms with Crippen LogP contribution in [0, 0.1) is 11.7 Å². The average Bonchev–Trinajstić information content (AvgIpc) is 2.94. The number of nitrogens with one attached hydrogen (secondary N) is 2. The molecule has 200 valence electrons. The first kappa shape index (κ1) is 30.5. The summed E-state index contributed by atoms with van der Waals surface area (Å²) in [6.45, 7) is 17.0. The van der Waals surface area contributed by atoms with Crippen molar-refractivity contribution in [1.29, 1.82) is 0 Å². The minimum atomic E-state index is -0.435. The lowest BCUT2D eigenvalue weighted by molar-refractivity contribution is 0.291. The number of anilines is 2. The molecule has 2 N–H and O–H groups in total. The first-order valence-corrected chi connectivity index (χ1v) is 13.8. The number of halogens is 2. The van der Waals surface area contributed by atoms with Crippen molar-refractivity contribution in [3.8, 4) is 0 Å². The largest absolute Gasteiger partial charge is 0.340 e. The molecule has 0 amide bonds. The number of aromatic nitrogens is 2. The average molecular weight is 525 g/mol. The lowest BCUT2D eigenvalue weighted by Crippen LogP contribution is -2.34. The highest BCUT2D eigenvalue weighted by Gasteiger charge is 2.22. The van der Waals surface area contributed by atoms with Gasteiger partial charge in [0.1, 0.15) is 18.0 Å². The zero-order valence-electron chi connectivity index (χ0n) is 22.6. The molecule has 1 saturated carbocycles. The van der Waals surface area contributed by atoms with Gasteiger partial charge in [0.15, 0.2) is 0 Å². The van der Waals surface area contributed by atoms with Gasteiger partial charge in [0.05, 0.1) is 10.5 Å². The third kappa shape index (κ3) is 8.65. The van der Waals surface area contributed by atoms with Crippen molar-refractivity contribution < 1.29 is 4.39 Å². The maximum Gasteiger partial charge on any atom is 0.141 e. The molecule has 0 saturated heterocycles. The molecule has 4 nitrogen and oxygen atoms in total. The van der Waals surface area contributed by atoms with Crippen LogP contribution in [-0.4, -0.2) is 22.6 Å². The van der Waals surface area contributed by atoms with Gasteiger partial charge < -0.3 is 10.6 Å². The highest BCUT2D eigenvalue weighted by Crippen LogP contribution is 2.32. The molecule has 1 aromatic heterocycles. The number of fused-ring (bicyclic) bond motifs is 1. The summed E-state index contributed by atoms with van der Waals surface area (Å²) in [7, 11) is 0. The van der Waals surface area contributed by atoms with Crippen LogP contribution in [-0.2, 0) is 12.8 Å². The zero-order chi connectivity index (χ0) is 27.2. The Morgan fingerprint density at radius 1 is 1.05 bits per heavy atom. The molecule has 1 aliphatic carbocycles. The minimum absolute atomic E-state index is 0.0851. The fraction of sp³-hybridized carbons (Fsp3) is 0.419. The molecule has 4 rings (SSSR count). The lowest BCUT2D eigenvalue weighted by Gasteiger charge is -2.30. The van der Waals surface area contributed by atoms with Crippen molar-refractivity contribution >= 4 is 34.0 Å². The Morgan fingerprint density at radius 3 is 2.43 bits per heavy atom. The van der Waals surface area contributed by atoms with E-state index in [1.165, 1.54) is 42.9 Å². The number of hydrogen-bond acceptors (Lipinski definition) is 4. The molecule has 2 aromatic carbocycles. The zero-order valence-corrected chi connectivity index (χ0v) is 23.4. The van der Waals surface area contributed by atoms with Crippen LogP contribution < -0.4 is 10.6 Å². The summed E-state index contributed by atoms with van der Waals surface area (Å²) in [6, 6.07) is 9.67. The molecule has 1 aliphatic rings. The molecule has 0 spiro atoms. The standard InChI is InChI=1S/C27H32ClFN4.C2H6.C2H4/c1-3-5-12-30-21-8-6-18(7-9-21)13-20-14-23-26(15-19(20)4-2)31-17-32-27(23)33-22-10-11-25(29)24(28)16-22;2*1-2/h3,10-11,14-18,21,30H,1,4-9,12-13H2,2H3,(H,31,32,33);1-2H3;1-2H2. The second kappa shape index (κ2) is 16.2. The van der Waals surface area contributed by atoms with Crippen LogP contribution in [0.3, 0.4) is 0 Å². The first-order chi connectivity index (χ1) is 18.1. The van der Waals surface area contributed by atoms with E-state index < -0.39 is 5.82 Å². The molecule has 0 unspecified atom stereocenters. The fourth-order valence-electron chi connectivity index (χ4n) is 4.79. The van der Waals surface area contributed by atoms with E-state index in [-0.39, 0.29) is 5.02 Å². The van der Waals surface area contributed by atoms with Gasteiger partial charge in [-0.05, 0) is 98.9 Å². The van der Waals surface area contributed by atoms with E-state index in [1.54, 1.807) is 18.5 Å². The molecular formula is C31H42ClFN4. The smallest absolute Gasteiger partial charge is 0.141 e. The maximum atomic E-state index is 13.6. The van der Waals surface area contributed by atoms with E-state index in [1.807, 2.05) is 19.9 Å². The second-order valence-corrected chi connectivity index (χ2v) is 9.33. The van der Waals surface area contributed by atoms with E-state index in [0.29, 0.717) is 23.5 Å². The summed E-state index contributed by atoms with van der Waals surface area (Å²) in [5, 5.41) is 8.02. The topological polar surface area (TPSA) is 49.8 Å². The molecule has 0 bridgehead atoms. The Bertz CT molecular complexity index is 1130. The van der Waals surface area contributed by atoms with Crippen molar-refractivity contribution in [3.05, 3.63) is 84.4 Å². The number of hydrogen-bond donors (Lipinski definition) is 2. The predicted octanol–water partition coefficient (Wildman–Crippen LogP) is 8.82. The van der Waals surface area contributed by atoms with Crippen molar-refractivity contribution in [3.63, 3.8) is 0 Å². The van der Waals surface area contributed by atoms with Crippen LogP contribution in [0.4, 0.5) is 15.9 Å². The minimum Gasteiger partial charge on any atom is -0.340 e. The Balaban J connectivity index is 0.00000115. The van der Waals surface area contributed by atoms with Crippen molar-refractivity contribution in [1.82, 2.24) is 15.3 Å². The number of benzene rings is 2. The van der Waals surface area contributed by atoms with Gasteiger partial charge in [-0.3, -0.25) is 0 Å². The Morgan fingerprint density at radius 2 is 1.78 bits per heavy atom. The fourth-order valence-corrected chi connectivity index (χ4v) is 4.97. The lowest BCUT2D eigenvalue weighted by atomic mass is 9.81. The van der Waals surface area contributed by atoms with Crippen LogP contribution in [0.25, 0.3) is 10.9 Å². The van der Waals surface area contributed by atoms with Crippen LogP contribution >= 0.6 is 11.6 Å². The molecule has 3 aromatic rings. The van der Waals surface area contributed by atoms with Gasteiger partial charge in [0.25, 0.3) is 0 Å². The predicted molar refractivity (Wildman–Crippen MR) is 158 cm³/mol. The van der Waals surface area contributed by atoms with Crippen molar-refractivity contribution in [2.45, 2.75) is 71.8 Å². The van der Waals surface area contributed by atoms with Crippen molar-refractivity contribution in [2.24, 2.45) is 5.92 Å². The van der Waals surface area contributed by atoms with E-state index in [0.717, 1.165) is 36.7 Å². The summed E-state index contributed by atoms with van der Waals surface area (Å²) in [4.78, 5) is 8.97. The summed E-state index contributed by atoms with van der Waals surface area (Å²) in [5.74, 6) is 0.971. The van der Waals surface area contributed by atoms with E-state index >= 15 is 0 Å². The SMILES string of the molecule is C=C.C=CCCNC1CCC(Cc2cc3c(Nc4ccc(F)c(Cl)c4)ncnc3cc2CC)CC1.CC. The van der Waals surface area contributed by atoms with Crippen LogP contribution in [0.15, 0.2) is 62.5 Å². The highest BCUT2D eigenvalue weighted by molar-refractivity contribution is 6.31. The Labute approximate surface area is 227 Å². The third-order valence-corrected chi connectivity index (χ3v) is 6.95. The summed E-state index contributed by atoms with van der Waals surface area (Å²) in [6.07, 6.45) is 11.6. The van der Waals surface area contributed by atoms with Crippen molar-refractivity contribution in [2.75, 3.05) is 11.9 Å². The van der Waals surface area contributed by atoms with E-state index in [2.05, 4.69) is 59.4 Å². The van der Waals surface area contributed by atoms with Gasteiger partial charge in [0.2, 0.25) is 0 Å². The van der Waals surface area contributed by atoms with Crippen LogP contribution in [0.2, 0.25) is 5.02 Å². The summed E-state index contributed by atoms with van der Waals surface area (Å²) in [5.41, 5.74) is 4.34. The van der Waals surface area contributed by atoms with Crippen LogP contribution in [0.5, 0.6) is 0 Å². The molecule has 1 fully saturated rings. The molecular weight excluding hydrogens is 483 g/mol. The monoisotopic (exact) mass is 524 g/mol. The Kier molecular flexibility index (Phi) is 13.3. The summed E-state index contributed by atoms with van der Waals surface area (Å²) < 4.78 is 13.6. The number of aryl methyl sites for hydroxylation is 1. The Hall–Kier alpha value is -2.76. The second-order valence-electron chi connectivity index (χ2n) is 8.92. The van der Waals surface area contributed by atoms with Gasteiger partial charge in [0, 0.05) is 17.1 Å². The van der Waals surface area contributed by atoms with Gasteiger partial charge in [-0.25, -0.2) is 14.4 Å². The van der Waals surface area contributed by atoms with E-state index in [4.69, 9.17) is 11.6 Å². The molecule has 6 heteroatoms. The molecule has 0 atom stereocenters. The molecule has 1 heterocycles. The van der Waals surface area contributed by atoms with Gasteiger partial charge in [-0.2, -0.15) is 0 Å². The number of nitrogens with zero attached hydrogens (tertiary/aromatic N) is 2. The van der Waals surface area contributed by atoms with Gasteiger partial charge >= 0.3 is 0 Å². The maximum absolute atomic E-state index is 13.6. The first-order valence-electron chi connectivity index (χ1n) is 13.4. The molecule has 37 heavy (non-hydrogen) atoms.